The molecule has 2 rings (SSSR count). The normalized spacial score (nSPS) is 10.0. The summed E-state index contributed by atoms with van der Waals surface area (Å²) in [6, 6.07) is 12.1. The van der Waals surface area contributed by atoms with Crippen LogP contribution < -0.4 is 10.6 Å². The summed E-state index contributed by atoms with van der Waals surface area (Å²) in [7, 11) is 1.28. The highest BCUT2D eigenvalue weighted by Crippen LogP contribution is 2.11. The Morgan fingerprint density at radius 1 is 1.00 bits per heavy atom. The molecule has 130 valence electrons. The third kappa shape index (κ3) is 5.42. The molecule has 0 saturated carbocycles. The first kappa shape index (κ1) is 18.1. The van der Waals surface area contributed by atoms with Gasteiger partial charge in [-0.2, -0.15) is 0 Å². The molecule has 0 unspecified atom stereocenters. The SMILES string of the molecule is COC(=O)c1ccc(NC(=O)CC(=O)NCc2ccccc2F)cc1. The van der Waals surface area contributed by atoms with Gasteiger partial charge in [0.05, 0.1) is 12.7 Å². The molecule has 0 aliphatic carbocycles. The van der Waals surface area contributed by atoms with E-state index in [4.69, 9.17) is 0 Å². The van der Waals surface area contributed by atoms with E-state index in [1.165, 1.54) is 37.4 Å². The van der Waals surface area contributed by atoms with Crippen molar-refractivity contribution in [3.05, 3.63) is 65.5 Å². The third-order valence-corrected chi connectivity index (χ3v) is 3.34. The van der Waals surface area contributed by atoms with Crippen LogP contribution in [0.2, 0.25) is 0 Å². The minimum atomic E-state index is -0.521. The molecule has 0 atom stereocenters. The highest BCUT2D eigenvalue weighted by atomic mass is 19.1. The van der Waals surface area contributed by atoms with E-state index >= 15 is 0 Å². The summed E-state index contributed by atoms with van der Waals surface area (Å²) in [5.74, 6) is -1.94. The summed E-state index contributed by atoms with van der Waals surface area (Å²) >= 11 is 0. The number of carbonyl (C=O) groups excluding carboxylic acids is 3. The number of methoxy groups -OCH3 is 1. The van der Waals surface area contributed by atoms with Crippen LogP contribution in [0.15, 0.2) is 48.5 Å². The lowest BCUT2D eigenvalue weighted by molar-refractivity contribution is -0.126. The first-order chi connectivity index (χ1) is 12.0. The van der Waals surface area contributed by atoms with Gasteiger partial charge in [0.2, 0.25) is 11.8 Å². The average molecular weight is 344 g/mol. The van der Waals surface area contributed by atoms with Gasteiger partial charge in [-0.25, -0.2) is 9.18 Å². The molecule has 0 saturated heterocycles. The van der Waals surface area contributed by atoms with Crippen molar-refractivity contribution in [2.75, 3.05) is 12.4 Å². The lowest BCUT2D eigenvalue weighted by Crippen LogP contribution is -2.28. The number of hydrogen-bond acceptors (Lipinski definition) is 4. The number of anilines is 1. The van der Waals surface area contributed by atoms with E-state index in [0.29, 0.717) is 16.8 Å². The third-order valence-electron chi connectivity index (χ3n) is 3.34. The Morgan fingerprint density at radius 3 is 2.32 bits per heavy atom. The molecule has 7 heteroatoms. The lowest BCUT2D eigenvalue weighted by atomic mass is 10.2. The minimum absolute atomic E-state index is 0.00656. The number of nitrogens with one attached hydrogen (secondary N) is 2. The number of halogens is 1. The Balaban J connectivity index is 1.82. The largest absolute Gasteiger partial charge is 0.465 e. The van der Waals surface area contributed by atoms with E-state index in [0.717, 1.165) is 0 Å². The van der Waals surface area contributed by atoms with Crippen LogP contribution >= 0.6 is 0 Å². The quantitative estimate of drug-likeness (QED) is 0.622. The number of hydrogen-bond donors (Lipinski definition) is 2. The van der Waals surface area contributed by atoms with E-state index in [1.54, 1.807) is 18.2 Å². The zero-order valence-electron chi connectivity index (χ0n) is 13.5. The summed E-state index contributed by atoms with van der Waals surface area (Å²) in [4.78, 5) is 34.9. The van der Waals surface area contributed by atoms with Crippen molar-refractivity contribution in [1.29, 1.82) is 0 Å². The molecule has 0 radical (unpaired) electrons. The molecule has 6 nitrogen and oxygen atoms in total. The number of ether oxygens (including phenoxy) is 1. The molecule has 0 aliphatic rings. The van der Waals surface area contributed by atoms with E-state index in [-0.39, 0.29) is 6.54 Å². The minimum Gasteiger partial charge on any atom is -0.465 e. The zero-order chi connectivity index (χ0) is 18.2. The molecule has 0 fully saturated rings. The van der Waals surface area contributed by atoms with Gasteiger partial charge in [0.1, 0.15) is 12.2 Å². The fraction of sp³-hybridized carbons (Fsp3) is 0.167. The maximum Gasteiger partial charge on any atom is 0.337 e. The Morgan fingerprint density at radius 2 is 1.68 bits per heavy atom. The van der Waals surface area contributed by atoms with Gasteiger partial charge in [0, 0.05) is 17.8 Å². The first-order valence-corrected chi connectivity index (χ1v) is 7.48. The summed E-state index contributed by atoms with van der Waals surface area (Å²) in [6.45, 7) is 0.00656. The van der Waals surface area contributed by atoms with Crippen LogP contribution in [0.1, 0.15) is 22.3 Å². The van der Waals surface area contributed by atoms with E-state index in [2.05, 4.69) is 15.4 Å². The van der Waals surface area contributed by atoms with Crippen molar-refractivity contribution in [2.24, 2.45) is 0 Å². The van der Waals surface area contributed by atoms with Crippen LogP contribution in [0.5, 0.6) is 0 Å². The van der Waals surface area contributed by atoms with Gasteiger partial charge in [0.15, 0.2) is 0 Å². The van der Waals surface area contributed by atoms with Crippen LogP contribution in [0.3, 0.4) is 0 Å². The van der Waals surface area contributed by atoms with Crippen LogP contribution in [0, 0.1) is 5.82 Å². The molecular weight excluding hydrogens is 327 g/mol. The van der Waals surface area contributed by atoms with Crippen LogP contribution in [0.4, 0.5) is 10.1 Å². The topological polar surface area (TPSA) is 84.5 Å². The number of esters is 1. The molecule has 0 spiro atoms. The second-order valence-electron chi connectivity index (χ2n) is 5.16. The van der Waals surface area contributed by atoms with Gasteiger partial charge in [0.25, 0.3) is 0 Å². The first-order valence-electron chi connectivity index (χ1n) is 7.48. The Hall–Kier alpha value is -3.22. The Kier molecular flexibility index (Phi) is 6.22. The highest BCUT2D eigenvalue weighted by Gasteiger charge is 2.11. The summed E-state index contributed by atoms with van der Waals surface area (Å²) < 4.78 is 18.0. The summed E-state index contributed by atoms with van der Waals surface area (Å²) in [6.07, 6.45) is -0.396. The predicted octanol–water partition coefficient (Wildman–Crippen LogP) is 2.26. The van der Waals surface area contributed by atoms with Gasteiger partial charge < -0.3 is 15.4 Å². The zero-order valence-corrected chi connectivity index (χ0v) is 13.5. The monoisotopic (exact) mass is 344 g/mol. The molecule has 2 amide bonds. The van der Waals surface area contributed by atoms with Gasteiger partial charge in [-0.1, -0.05) is 18.2 Å². The van der Waals surface area contributed by atoms with Crippen LogP contribution in [-0.2, 0) is 20.9 Å². The Bertz CT molecular complexity index is 775. The fourth-order valence-corrected chi connectivity index (χ4v) is 2.06. The number of carbonyl (C=O) groups is 3. The van der Waals surface area contributed by atoms with Crippen molar-refractivity contribution in [3.8, 4) is 0 Å². The fourth-order valence-electron chi connectivity index (χ4n) is 2.06. The van der Waals surface area contributed by atoms with E-state index in [9.17, 15) is 18.8 Å². The second kappa shape index (κ2) is 8.58. The average Bonchev–Trinajstić information content (AvgIpc) is 2.61. The summed E-state index contributed by atoms with van der Waals surface area (Å²) in [5, 5.41) is 5.03. The van der Waals surface area contributed by atoms with Gasteiger partial charge >= 0.3 is 5.97 Å². The maximum atomic E-state index is 13.4. The molecule has 2 aromatic rings. The van der Waals surface area contributed by atoms with Crippen molar-refractivity contribution >= 4 is 23.5 Å². The van der Waals surface area contributed by atoms with E-state index < -0.39 is 30.0 Å². The molecule has 2 N–H and O–H groups in total. The molecule has 0 heterocycles. The Labute approximate surface area is 144 Å². The number of amides is 2. The molecule has 0 aliphatic heterocycles. The smallest absolute Gasteiger partial charge is 0.337 e. The highest BCUT2D eigenvalue weighted by molar-refractivity contribution is 6.03. The standard InChI is InChI=1S/C18H17FN2O4/c1-25-18(24)12-6-8-14(9-7-12)21-17(23)10-16(22)20-11-13-4-2-3-5-15(13)19/h2-9H,10-11H2,1H3,(H,20,22)(H,21,23). The summed E-state index contributed by atoms with van der Waals surface area (Å²) in [5.41, 5.74) is 1.14. The second-order valence-corrected chi connectivity index (χ2v) is 5.16. The maximum absolute atomic E-state index is 13.4. The van der Waals surface area contributed by atoms with Crippen molar-refractivity contribution in [1.82, 2.24) is 5.32 Å². The molecule has 0 aromatic heterocycles. The number of benzene rings is 2. The predicted molar refractivity (Wildman–Crippen MR) is 89.3 cm³/mol. The molecule has 2 aromatic carbocycles. The van der Waals surface area contributed by atoms with Crippen molar-refractivity contribution < 1.29 is 23.5 Å². The van der Waals surface area contributed by atoms with E-state index in [1.807, 2.05) is 0 Å². The van der Waals surface area contributed by atoms with Gasteiger partial charge in [-0.15, -0.1) is 0 Å². The van der Waals surface area contributed by atoms with Gasteiger partial charge in [-0.05, 0) is 30.3 Å². The van der Waals surface area contributed by atoms with Crippen molar-refractivity contribution in [3.63, 3.8) is 0 Å². The van der Waals surface area contributed by atoms with Crippen molar-refractivity contribution in [2.45, 2.75) is 13.0 Å². The molecule has 0 bridgehead atoms. The van der Waals surface area contributed by atoms with Gasteiger partial charge in [-0.3, -0.25) is 9.59 Å². The lowest BCUT2D eigenvalue weighted by Gasteiger charge is -2.08. The number of rotatable bonds is 6. The van der Waals surface area contributed by atoms with Crippen LogP contribution in [0.25, 0.3) is 0 Å². The molecule has 25 heavy (non-hydrogen) atoms. The molecular formula is C18H17FN2O4. The van der Waals surface area contributed by atoms with Crippen LogP contribution in [-0.4, -0.2) is 24.9 Å².